The van der Waals surface area contributed by atoms with E-state index in [2.05, 4.69) is 24.3 Å². The smallest absolute Gasteiger partial charge is 0.0104 e. The van der Waals surface area contributed by atoms with Crippen molar-refractivity contribution in [3.8, 4) is 0 Å². The van der Waals surface area contributed by atoms with Crippen LogP contribution in [-0.2, 0) is 0 Å². The molecule has 0 spiro atoms. The van der Waals surface area contributed by atoms with Crippen molar-refractivity contribution in [3.63, 3.8) is 0 Å². The molecule has 0 saturated carbocycles. The van der Waals surface area contributed by atoms with Crippen LogP contribution < -0.4 is 11.1 Å². The molecule has 3 N–H and O–H groups in total. The van der Waals surface area contributed by atoms with E-state index >= 15 is 0 Å². The third-order valence-electron chi connectivity index (χ3n) is 2.27. The Kier molecular flexibility index (Phi) is 3.30. The van der Waals surface area contributed by atoms with E-state index in [1.807, 2.05) is 0 Å². The lowest BCUT2D eigenvalue weighted by Gasteiger charge is -2.31. The molecule has 3 nitrogen and oxygen atoms in total. The molecule has 1 fully saturated rings. The first-order valence-corrected chi connectivity index (χ1v) is 4.31. The molecule has 0 aromatic heterocycles. The summed E-state index contributed by atoms with van der Waals surface area (Å²) < 4.78 is 0. The Balaban J connectivity index is 2.29. The van der Waals surface area contributed by atoms with Gasteiger partial charge in [0.2, 0.25) is 0 Å². The summed E-state index contributed by atoms with van der Waals surface area (Å²) in [6, 6.07) is 0.402. The minimum atomic E-state index is 0.402. The molecule has 0 bridgehead atoms. The van der Waals surface area contributed by atoms with Gasteiger partial charge in [-0.3, -0.25) is 0 Å². The van der Waals surface area contributed by atoms with Crippen molar-refractivity contribution >= 4 is 0 Å². The lowest BCUT2D eigenvalue weighted by Crippen LogP contribution is -2.48. The van der Waals surface area contributed by atoms with E-state index in [-0.39, 0.29) is 0 Å². The van der Waals surface area contributed by atoms with Crippen LogP contribution in [0.1, 0.15) is 6.42 Å². The van der Waals surface area contributed by atoms with Crippen LogP contribution in [0.4, 0.5) is 0 Å². The van der Waals surface area contributed by atoms with E-state index in [1.54, 1.807) is 0 Å². The zero-order valence-corrected chi connectivity index (χ0v) is 7.51. The Hall–Kier alpha value is -0.120. The monoisotopic (exact) mass is 157 g/mol. The second-order valence-electron chi connectivity index (χ2n) is 3.68. The van der Waals surface area contributed by atoms with Crippen LogP contribution in [0, 0.1) is 5.92 Å². The first-order valence-electron chi connectivity index (χ1n) is 4.31. The third-order valence-corrected chi connectivity index (χ3v) is 2.27. The van der Waals surface area contributed by atoms with E-state index < -0.39 is 0 Å². The van der Waals surface area contributed by atoms with Crippen LogP contribution in [0.5, 0.6) is 0 Å². The molecule has 1 rings (SSSR count). The number of nitrogens with zero attached hydrogens (tertiary/aromatic N) is 1. The average Bonchev–Trinajstić information content (AvgIpc) is 1.93. The molecule has 0 aliphatic carbocycles. The van der Waals surface area contributed by atoms with Gasteiger partial charge in [-0.05, 0) is 33.0 Å². The summed E-state index contributed by atoms with van der Waals surface area (Å²) in [7, 11) is 4.20. The lowest BCUT2D eigenvalue weighted by atomic mass is 9.94. The largest absolute Gasteiger partial charge is 0.327 e. The normalized spacial score (nSPS) is 32.7. The quantitative estimate of drug-likeness (QED) is 0.567. The fraction of sp³-hybridized carbons (Fsp3) is 1.00. The summed E-state index contributed by atoms with van der Waals surface area (Å²) >= 11 is 0. The van der Waals surface area contributed by atoms with Crippen LogP contribution in [0.15, 0.2) is 0 Å². The molecule has 0 amide bonds. The van der Waals surface area contributed by atoms with E-state index in [0.29, 0.717) is 12.0 Å². The minimum Gasteiger partial charge on any atom is -0.327 e. The topological polar surface area (TPSA) is 41.3 Å². The third kappa shape index (κ3) is 2.77. The van der Waals surface area contributed by atoms with Crippen molar-refractivity contribution in [1.82, 2.24) is 10.2 Å². The predicted molar refractivity (Wildman–Crippen MR) is 47.5 cm³/mol. The maximum absolute atomic E-state index is 5.96. The maximum Gasteiger partial charge on any atom is 0.0104 e. The molecule has 0 aromatic carbocycles. The van der Waals surface area contributed by atoms with Gasteiger partial charge in [0, 0.05) is 19.1 Å². The van der Waals surface area contributed by atoms with E-state index in [9.17, 15) is 0 Å². The Bertz CT molecular complexity index is 114. The van der Waals surface area contributed by atoms with Crippen molar-refractivity contribution in [2.24, 2.45) is 11.7 Å². The molecule has 1 saturated heterocycles. The van der Waals surface area contributed by atoms with Crippen molar-refractivity contribution < 1.29 is 0 Å². The Labute approximate surface area is 68.9 Å². The fourth-order valence-electron chi connectivity index (χ4n) is 1.61. The fourth-order valence-corrected chi connectivity index (χ4v) is 1.61. The molecule has 0 aromatic rings. The number of rotatable bonds is 2. The summed E-state index contributed by atoms with van der Waals surface area (Å²) in [4.78, 5) is 2.21. The number of piperidine rings is 1. The zero-order valence-electron chi connectivity index (χ0n) is 7.51. The van der Waals surface area contributed by atoms with Gasteiger partial charge < -0.3 is 16.0 Å². The first kappa shape index (κ1) is 8.97. The first-order chi connectivity index (χ1) is 5.20. The van der Waals surface area contributed by atoms with Gasteiger partial charge in [-0.2, -0.15) is 0 Å². The number of nitrogens with one attached hydrogen (secondary N) is 1. The van der Waals surface area contributed by atoms with E-state index in [4.69, 9.17) is 5.73 Å². The van der Waals surface area contributed by atoms with Gasteiger partial charge >= 0.3 is 0 Å². The summed E-state index contributed by atoms with van der Waals surface area (Å²) in [5.74, 6) is 0.638. The van der Waals surface area contributed by atoms with Gasteiger partial charge in [0.15, 0.2) is 0 Å². The van der Waals surface area contributed by atoms with Crippen LogP contribution in [0.25, 0.3) is 0 Å². The molecule has 11 heavy (non-hydrogen) atoms. The van der Waals surface area contributed by atoms with Gasteiger partial charge in [-0.15, -0.1) is 0 Å². The summed E-state index contributed by atoms with van der Waals surface area (Å²) in [5, 5.41) is 3.36. The minimum absolute atomic E-state index is 0.402. The van der Waals surface area contributed by atoms with Gasteiger partial charge in [0.05, 0.1) is 0 Å². The molecule has 66 valence electrons. The highest BCUT2D eigenvalue weighted by molar-refractivity contribution is 4.81. The predicted octanol–water partition coefficient (Wildman–Crippen LogP) is -0.515. The highest BCUT2D eigenvalue weighted by Crippen LogP contribution is 2.09. The van der Waals surface area contributed by atoms with E-state index in [0.717, 1.165) is 26.1 Å². The van der Waals surface area contributed by atoms with Gasteiger partial charge in [0.1, 0.15) is 0 Å². The molecule has 2 atom stereocenters. The molecule has 1 aliphatic heterocycles. The van der Waals surface area contributed by atoms with Crippen molar-refractivity contribution in [1.29, 1.82) is 0 Å². The van der Waals surface area contributed by atoms with Gasteiger partial charge in [-0.25, -0.2) is 0 Å². The van der Waals surface area contributed by atoms with Crippen LogP contribution in [-0.4, -0.2) is 44.7 Å². The zero-order chi connectivity index (χ0) is 8.27. The molecule has 0 radical (unpaired) electrons. The molecule has 2 unspecified atom stereocenters. The standard InChI is InChI=1S/C8H19N3/c1-11(2)6-7-5-10-4-3-8(7)9/h7-8,10H,3-6,9H2,1-2H3. The molecular formula is C8H19N3. The lowest BCUT2D eigenvalue weighted by molar-refractivity contribution is 0.248. The number of nitrogens with two attached hydrogens (primary N) is 1. The maximum atomic E-state index is 5.96. The Morgan fingerprint density at radius 1 is 1.55 bits per heavy atom. The summed E-state index contributed by atoms with van der Waals surface area (Å²) in [6.45, 7) is 3.28. The van der Waals surface area contributed by atoms with Crippen molar-refractivity contribution in [2.75, 3.05) is 33.7 Å². The number of hydrogen-bond acceptors (Lipinski definition) is 3. The van der Waals surface area contributed by atoms with Crippen LogP contribution in [0.3, 0.4) is 0 Å². The van der Waals surface area contributed by atoms with Crippen molar-refractivity contribution in [2.45, 2.75) is 12.5 Å². The van der Waals surface area contributed by atoms with E-state index in [1.165, 1.54) is 0 Å². The number of hydrogen-bond donors (Lipinski definition) is 2. The molecule has 1 heterocycles. The summed E-state index contributed by atoms with van der Waals surface area (Å²) in [5.41, 5.74) is 5.96. The highest BCUT2D eigenvalue weighted by Gasteiger charge is 2.21. The van der Waals surface area contributed by atoms with Gasteiger partial charge in [-0.1, -0.05) is 0 Å². The molecule has 1 aliphatic rings. The van der Waals surface area contributed by atoms with Crippen LogP contribution in [0.2, 0.25) is 0 Å². The Morgan fingerprint density at radius 2 is 2.27 bits per heavy atom. The Morgan fingerprint density at radius 3 is 2.82 bits per heavy atom. The SMILES string of the molecule is CN(C)CC1CNCCC1N. The van der Waals surface area contributed by atoms with Crippen LogP contribution >= 0.6 is 0 Å². The second kappa shape index (κ2) is 4.04. The molecular weight excluding hydrogens is 138 g/mol. The highest BCUT2D eigenvalue weighted by atomic mass is 15.1. The van der Waals surface area contributed by atoms with Crippen molar-refractivity contribution in [3.05, 3.63) is 0 Å². The average molecular weight is 157 g/mol. The molecule has 3 heteroatoms. The summed E-state index contributed by atoms with van der Waals surface area (Å²) in [6.07, 6.45) is 1.12. The van der Waals surface area contributed by atoms with Gasteiger partial charge in [0.25, 0.3) is 0 Å². The second-order valence-corrected chi connectivity index (χ2v) is 3.68.